The van der Waals surface area contributed by atoms with Gasteiger partial charge in [-0.25, -0.2) is 4.98 Å². The first-order valence-electron chi connectivity index (χ1n) is 11.7. The number of nitrogens with zero attached hydrogens (tertiary/aromatic N) is 2. The van der Waals surface area contributed by atoms with Gasteiger partial charge in [0.1, 0.15) is 27.7 Å². The van der Waals surface area contributed by atoms with Crippen LogP contribution in [-0.4, -0.2) is 61.9 Å². The van der Waals surface area contributed by atoms with Gasteiger partial charge < -0.3 is 30.7 Å². The first-order chi connectivity index (χ1) is 16.5. The minimum Gasteiger partial charge on any atom is -0.491 e. The van der Waals surface area contributed by atoms with E-state index >= 15 is 0 Å². The number of aryl methyl sites for hydroxylation is 1. The van der Waals surface area contributed by atoms with Crippen LogP contribution < -0.4 is 26.0 Å². The predicted octanol–water partition coefficient (Wildman–Crippen LogP) is 2.49. The average Bonchev–Trinajstić information content (AvgIpc) is 3.49. The summed E-state index contributed by atoms with van der Waals surface area (Å²) in [5.74, 6) is 0.716. The highest BCUT2D eigenvalue weighted by Crippen LogP contribution is 2.38. The fraction of sp³-hybridized carbons (Fsp3) is 0.440. The maximum atomic E-state index is 13.0. The summed E-state index contributed by atoms with van der Waals surface area (Å²) in [5.41, 5.74) is 9.80. The molecule has 3 aliphatic heterocycles. The van der Waals surface area contributed by atoms with Crippen molar-refractivity contribution in [2.45, 2.75) is 37.5 Å². The van der Waals surface area contributed by atoms with Crippen molar-refractivity contribution >= 4 is 38.8 Å². The maximum absolute atomic E-state index is 13.0. The second kappa shape index (κ2) is 8.11. The van der Waals surface area contributed by atoms with Gasteiger partial charge in [0.05, 0.1) is 17.8 Å². The zero-order valence-corrected chi connectivity index (χ0v) is 20.2. The summed E-state index contributed by atoms with van der Waals surface area (Å²) >= 11 is 1.33. The van der Waals surface area contributed by atoms with Gasteiger partial charge in [-0.1, -0.05) is 6.07 Å². The number of anilines is 2. The predicted molar refractivity (Wildman–Crippen MR) is 134 cm³/mol. The third kappa shape index (κ3) is 3.50. The molecule has 0 saturated carbocycles. The molecule has 5 heterocycles. The minimum absolute atomic E-state index is 0.102. The molecular formula is C25H29N5O3S. The highest BCUT2D eigenvalue weighted by molar-refractivity contribution is 7.21. The Morgan fingerprint density at radius 2 is 2.26 bits per heavy atom. The lowest BCUT2D eigenvalue weighted by Gasteiger charge is -2.29. The lowest BCUT2D eigenvalue weighted by atomic mass is 9.98. The molecule has 3 aliphatic rings. The number of amides is 1. The van der Waals surface area contributed by atoms with E-state index in [-0.39, 0.29) is 17.6 Å². The molecule has 3 atom stereocenters. The molecule has 6 rings (SSSR count). The molecule has 2 saturated heterocycles. The highest BCUT2D eigenvalue weighted by atomic mass is 32.1. The number of benzene rings is 1. The highest BCUT2D eigenvalue weighted by Gasteiger charge is 2.50. The SMILES string of the molecule is CO[C@@]12CCN[C@H]1CN(c1ccc3c(c1)OC[C@H](NC(=O)c1sc4nc(C)ccc4c1N)C3)C2. The lowest BCUT2D eigenvalue weighted by Crippen LogP contribution is -2.43. The summed E-state index contributed by atoms with van der Waals surface area (Å²) in [5, 5.41) is 7.51. The Labute approximate surface area is 202 Å². The van der Waals surface area contributed by atoms with Crippen molar-refractivity contribution in [1.82, 2.24) is 15.6 Å². The van der Waals surface area contributed by atoms with E-state index in [9.17, 15) is 4.79 Å². The third-order valence-corrected chi connectivity index (χ3v) is 8.55. The minimum atomic E-state index is -0.173. The van der Waals surface area contributed by atoms with Gasteiger partial charge in [0, 0.05) is 43.0 Å². The molecule has 9 heteroatoms. The van der Waals surface area contributed by atoms with Gasteiger partial charge in [-0.2, -0.15) is 0 Å². The number of nitrogens with two attached hydrogens (primary N) is 1. The quantitative estimate of drug-likeness (QED) is 0.528. The number of nitrogen functional groups attached to an aromatic ring is 1. The second-order valence-electron chi connectivity index (χ2n) is 9.53. The number of fused-ring (bicyclic) bond motifs is 3. The molecule has 34 heavy (non-hydrogen) atoms. The number of carbonyl (C=O) groups is 1. The Kier molecular flexibility index (Phi) is 5.16. The van der Waals surface area contributed by atoms with Crippen LogP contribution in [0.4, 0.5) is 11.4 Å². The molecule has 0 unspecified atom stereocenters. The third-order valence-electron chi connectivity index (χ3n) is 7.44. The van der Waals surface area contributed by atoms with Crippen molar-refractivity contribution < 1.29 is 14.3 Å². The molecule has 0 bridgehead atoms. The van der Waals surface area contributed by atoms with Crippen LogP contribution >= 0.6 is 11.3 Å². The van der Waals surface area contributed by atoms with Crippen LogP contribution in [-0.2, 0) is 11.2 Å². The number of carbonyl (C=O) groups excluding carboxylic acids is 1. The molecule has 2 aromatic heterocycles. The Morgan fingerprint density at radius 1 is 1.38 bits per heavy atom. The normalized spacial score (nSPS) is 25.8. The summed E-state index contributed by atoms with van der Waals surface area (Å²) < 4.78 is 12.0. The largest absolute Gasteiger partial charge is 0.491 e. The first kappa shape index (κ1) is 21.6. The van der Waals surface area contributed by atoms with Crippen LogP contribution in [0.2, 0.25) is 0 Å². The zero-order valence-electron chi connectivity index (χ0n) is 19.4. The summed E-state index contributed by atoms with van der Waals surface area (Å²) in [6.45, 7) is 5.17. The van der Waals surface area contributed by atoms with E-state index in [4.69, 9.17) is 15.2 Å². The molecule has 8 nitrogen and oxygen atoms in total. The van der Waals surface area contributed by atoms with E-state index in [0.717, 1.165) is 65.4 Å². The van der Waals surface area contributed by atoms with E-state index in [1.165, 1.54) is 11.3 Å². The Morgan fingerprint density at radius 3 is 3.09 bits per heavy atom. The summed E-state index contributed by atoms with van der Waals surface area (Å²) in [7, 11) is 1.82. The standard InChI is InChI=1S/C25H29N5O3S/c1-14-3-6-18-21(26)22(34-24(18)28-14)23(31)29-16-9-15-4-5-17(10-19(15)33-12-16)30-11-20-25(13-30,32-2)7-8-27-20/h3-6,10,16,20,27H,7-9,11-13,26H2,1-2H3,(H,29,31)/t16-,20+,25-/m1/s1. The summed E-state index contributed by atoms with van der Waals surface area (Å²) in [6, 6.07) is 10.5. The monoisotopic (exact) mass is 479 g/mol. The van der Waals surface area contributed by atoms with Crippen molar-refractivity contribution in [3.8, 4) is 5.75 Å². The van der Waals surface area contributed by atoms with E-state index in [2.05, 4.69) is 38.7 Å². The molecule has 1 amide bonds. The number of nitrogens with one attached hydrogen (secondary N) is 2. The summed E-state index contributed by atoms with van der Waals surface area (Å²) in [4.78, 5) is 21.2. The van der Waals surface area contributed by atoms with Gasteiger partial charge in [-0.15, -0.1) is 11.3 Å². The number of hydrogen-bond donors (Lipinski definition) is 3. The van der Waals surface area contributed by atoms with Crippen molar-refractivity contribution in [1.29, 1.82) is 0 Å². The van der Waals surface area contributed by atoms with E-state index in [1.54, 1.807) is 0 Å². The van der Waals surface area contributed by atoms with Crippen LogP contribution in [0.15, 0.2) is 30.3 Å². The smallest absolute Gasteiger partial charge is 0.263 e. The molecule has 2 fully saturated rings. The van der Waals surface area contributed by atoms with Crippen LogP contribution in [0.3, 0.4) is 0 Å². The van der Waals surface area contributed by atoms with E-state index in [0.29, 0.717) is 23.2 Å². The van der Waals surface area contributed by atoms with Gasteiger partial charge in [-0.3, -0.25) is 4.79 Å². The Balaban J connectivity index is 1.15. The van der Waals surface area contributed by atoms with Crippen LogP contribution in [0.5, 0.6) is 5.75 Å². The molecule has 1 aromatic carbocycles. The summed E-state index contributed by atoms with van der Waals surface area (Å²) in [6.07, 6.45) is 1.75. The second-order valence-corrected chi connectivity index (χ2v) is 10.5. The molecule has 0 radical (unpaired) electrons. The Bertz CT molecular complexity index is 1280. The van der Waals surface area contributed by atoms with E-state index < -0.39 is 0 Å². The Hall–Kier alpha value is -2.88. The maximum Gasteiger partial charge on any atom is 0.263 e. The van der Waals surface area contributed by atoms with Gasteiger partial charge in [0.25, 0.3) is 5.91 Å². The van der Waals surface area contributed by atoms with E-state index in [1.807, 2.05) is 26.2 Å². The number of thiophene rings is 1. The topological polar surface area (TPSA) is 102 Å². The number of hydrogen-bond acceptors (Lipinski definition) is 8. The number of rotatable bonds is 4. The number of aromatic nitrogens is 1. The van der Waals surface area contributed by atoms with Crippen LogP contribution in [0.1, 0.15) is 27.3 Å². The number of methoxy groups -OCH3 is 1. The zero-order chi connectivity index (χ0) is 23.4. The average molecular weight is 480 g/mol. The first-order valence-corrected chi connectivity index (χ1v) is 12.5. The molecule has 0 spiro atoms. The van der Waals surface area contributed by atoms with Crippen LogP contribution in [0, 0.1) is 6.92 Å². The van der Waals surface area contributed by atoms with Gasteiger partial charge in [0.2, 0.25) is 0 Å². The van der Waals surface area contributed by atoms with Gasteiger partial charge in [0.15, 0.2) is 0 Å². The fourth-order valence-electron chi connectivity index (χ4n) is 5.51. The molecule has 0 aliphatic carbocycles. The number of pyridine rings is 1. The lowest BCUT2D eigenvalue weighted by molar-refractivity contribution is 0.00769. The fourth-order valence-corrected chi connectivity index (χ4v) is 6.55. The van der Waals surface area contributed by atoms with Gasteiger partial charge in [-0.05, 0) is 50.1 Å². The van der Waals surface area contributed by atoms with Gasteiger partial charge >= 0.3 is 0 Å². The molecule has 178 valence electrons. The molecule has 3 aromatic rings. The van der Waals surface area contributed by atoms with Crippen molar-refractivity contribution in [3.63, 3.8) is 0 Å². The van der Waals surface area contributed by atoms with Crippen molar-refractivity contribution in [3.05, 3.63) is 46.5 Å². The van der Waals surface area contributed by atoms with Crippen LogP contribution in [0.25, 0.3) is 10.2 Å². The van der Waals surface area contributed by atoms with Crippen molar-refractivity contribution in [2.75, 3.05) is 44.0 Å². The molecule has 4 N–H and O–H groups in total. The molecular weight excluding hydrogens is 450 g/mol. The number of ether oxygens (including phenoxy) is 2. The van der Waals surface area contributed by atoms with Crippen molar-refractivity contribution in [2.24, 2.45) is 0 Å².